The van der Waals surface area contributed by atoms with Crippen LogP contribution in [0.3, 0.4) is 0 Å². The Morgan fingerprint density at radius 1 is 1.14 bits per heavy atom. The van der Waals surface area contributed by atoms with Crippen LogP contribution in [0.5, 0.6) is 0 Å². The second kappa shape index (κ2) is 6.23. The first-order valence-corrected chi connectivity index (χ1v) is 8.36. The number of benzene rings is 2. The molecule has 2 rings (SSSR count). The summed E-state index contributed by atoms with van der Waals surface area (Å²) < 4.78 is 27.2. The lowest BCUT2D eigenvalue weighted by molar-refractivity contribution is 0.567. The lowest BCUT2D eigenvalue weighted by Gasteiger charge is -2.15. The average Bonchev–Trinajstić information content (AvgIpc) is 2.41. The predicted octanol–water partition coefficient (Wildman–Crippen LogP) is 3.62. The van der Waals surface area contributed by atoms with E-state index in [-0.39, 0.29) is 10.6 Å². The molecule has 0 saturated carbocycles. The number of hydrogen-bond acceptors (Lipinski definition) is 3. The fourth-order valence-corrected chi connectivity index (χ4v) is 3.42. The van der Waals surface area contributed by atoms with E-state index in [0.717, 1.165) is 5.56 Å². The molecule has 112 valence electrons. The second-order valence-corrected chi connectivity index (χ2v) is 7.14. The molecule has 1 unspecified atom stereocenters. The maximum atomic E-state index is 12.3. The van der Waals surface area contributed by atoms with Crippen LogP contribution in [0.25, 0.3) is 0 Å². The van der Waals surface area contributed by atoms with Gasteiger partial charge in [-0.2, -0.15) is 0 Å². The van der Waals surface area contributed by atoms with Crippen molar-refractivity contribution in [2.75, 3.05) is 5.73 Å². The lowest BCUT2D eigenvalue weighted by atomic mass is 10.1. The normalized spacial score (nSPS) is 13.1. The molecule has 0 spiro atoms. The predicted molar refractivity (Wildman–Crippen MR) is 86.1 cm³/mol. The highest BCUT2D eigenvalue weighted by molar-refractivity contribution is 7.89. The minimum atomic E-state index is -3.69. The molecule has 0 fully saturated rings. The first kappa shape index (κ1) is 16.1. The molecule has 2 aromatic rings. The Morgan fingerprint density at radius 3 is 2.48 bits per heavy atom. The van der Waals surface area contributed by atoms with Crippen LogP contribution < -0.4 is 10.5 Å². The van der Waals surface area contributed by atoms with E-state index in [1.165, 1.54) is 18.2 Å². The van der Waals surface area contributed by atoms with Crippen LogP contribution >= 0.6 is 23.2 Å². The largest absolute Gasteiger partial charge is 0.397 e. The van der Waals surface area contributed by atoms with E-state index in [1.807, 2.05) is 0 Å². The van der Waals surface area contributed by atoms with Gasteiger partial charge in [0, 0.05) is 11.1 Å². The monoisotopic (exact) mass is 344 g/mol. The van der Waals surface area contributed by atoms with Gasteiger partial charge in [0.2, 0.25) is 10.0 Å². The van der Waals surface area contributed by atoms with Crippen LogP contribution in [-0.2, 0) is 10.0 Å². The van der Waals surface area contributed by atoms with Crippen LogP contribution in [0.15, 0.2) is 47.4 Å². The Labute approximate surface area is 133 Å². The maximum Gasteiger partial charge on any atom is 0.241 e. The number of halogens is 2. The SMILES string of the molecule is CC(NS(=O)(=O)c1ccc(Cl)c(N)c1)c1cccc(Cl)c1. The fraction of sp³-hybridized carbons (Fsp3) is 0.143. The fourth-order valence-electron chi connectivity index (χ4n) is 1.83. The molecule has 0 aliphatic heterocycles. The summed E-state index contributed by atoms with van der Waals surface area (Å²) >= 11 is 11.7. The minimum Gasteiger partial charge on any atom is -0.397 e. The van der Waals surface area contributed by atoms with Crippen molar-refractivity contribution < 1.29 is 8.42 Å². The molecule has 7 heteroatoms. The number of hydrogen-bond donors (Lipinski definition) is 2. The summed E-state index contributed by atoms with van der Waals surface area (Å²) in [6.45, 7) is 1.74. The molecule has 0 heterocycles. The van der Waals surface area contributed by atoms with E-state index in [4.69, 9.17) is 28.9 Å². The smallest absolute Gasteiger partial charge is 0.241 e. The topological polar surface area (TPSA) is 72.2 Å². The van der Waals surface area contributed by atoms with Crippen molar-refractivity contribution in [1.29, 1.82) is 0 Å². The van der Waals surface area contributed by atoms with Crippen LogP contribution in [0, 0.1) is 0 Å². The van der Waals surface area contributed by atoms with E-state index in [2.05, 4.69) is 4.72 Å². The molecule has 0 bridgehead atoms. The zero-order valence-corrected chi connectivity index (χ0v) is 13.5. The quantitative estimate of drug-likeness (QED) is 0.832. The van der Waals surface area contributed by atoms with Gasteiger partial charge in [-0.3, -0.25) is 0 Å². The van der Waals surface area contributed by atoms with Crippen LogP contribution in [0.1, 0.15) is 18.5 Å². The highest BCUT2D eigenvalue weighted by atomic mass is 35.5. The number of anilines is 1. The maximum absolute atomic E-state index is 12.3. The van der Waals surface area contributed by atoms with Crippen molar-refractivity contribution in [1.82, 2.24) is 4.72 Å². The van der Waals surface area contributed by atoms with Gasteiger partial charge in [0.1, 0.15) is 0 Å². The summed E-state index contributed by atoms with van der Waals surface area (Å²) in [4.78, 5) is 0.0679. The highest BCUT2D eigenvalue weighted by Gasteiger charge is 2.19. The first-order valence-electron chi connectivity index (χ1n) is 6.12. The molecule has 1 atom stereocenters. The third-order valence-corrected chi connectivity index (χ3v) is 5.08. The Morgan fingerprint density at radius 2 is 1.86 bits per heavy atom. The molecule has 0 aliphatic rings. The molecule has 4 nitrogen and oxygen atoms in total. The summed E-state index contributed by atoms with van der Waals surface area (Å²) in [5.41, 5.74) is 6.63. The van der Waals surface area contributed by atoms with Gasteiger partial charge in [0.25, 0.3) is 0 Å². The summed E-state index contributed by atoms with van der Waals surface area (Å²) in [5.74, 6) is 0. The lowest BCUT2D eigenvalue weighted by Crippen LogP contribution is -2.27. The van der Waals surface area contributed by atoms with E-state index in [0.29, 0.717) is 10.0 Å². The Kier molecular flexibility index (Phi) is 4.78. The van der Waals surface area contributed by atoms with Gasteiger partial charge in [-0.15, -0.1) is 0 Å². The molecular formula is C14H14Cl2N2O2S. The Hall–Kier alpha value is -1.27. The van der Waals surface area contributed by atoms with E-state index < -0.39 is 16.1 Å². The third kappa shape index (κ3) is 3.89. The van der Waals surface area contributed by atoms with Crippen LogP contribution in [-0.4, -0.2) is 8.42 Å². The zero-order valence-electron chi connectivity index (χ0n) is 11.2. The Balaban J connectivity index is 2.26. The summed E-state index contributed by atoms with van der Waals surface area (Å²) in [6.07, 6.45) is 0. The van der Waals surface area contributed by atoms with Gasteiger partial charge >= 0.3 is 0 Å². The number of nitrogens with one attached hydrogen (secondary N) is 1. The minimum absolute atomic E-state index is 0.0679. The van der Waals surface area contributed by atoms with Crippen molar-refractivity contribution >= 4 is 38.9 Å². The van der Waals surface area contributed by atoms with Crippen molar-refractivity contribution in [2.24, 2.45) is 0 Å². The number of nitrogen functional groups attached to an aromatic ring is 1. The molecular weight excluding hydrogens is 331 g/mol. The average molecular weight is 345 g/mol. The van der Waals surface area contributed by atoms with Gasteiger partial charge in [-0.25, -0.2) is 13.1 Å². The highest BCUT2D eigenvalue weighted by Crippen LogP contribution is 2.24. The Bertz CT molecular complexity index is 763. The van der Waals surface area contributed by atoms with Crippen molar-refractivity contribution in [3.63, 3.8) is 0 Å². The summed E-state index contributed by atoms with van der Waals surface area (Å²) in [7, 11) is -3.69. The van der Waals surface area contributed by atoms with Gasteiger partial charge in [0.15, 0.2) is 0 Å². The van der Waals surface area contributed by atoms with Gasteiger partial charge in [0.05, 0.1) is 15.6 Å². The molecule has 0 saturated heterocycles. The van der Waals surface area contributed by atoms with E-state index in [9.17, 15) is 8.42 Å². The first-order chi connectivity index (χ1) is 9.79. The van der Waals surface area contributed by atoms with Gasteiger partial charge in [-0.05, 0) is 42.8 Å². The van der Waals surface area contributed by atoms with Crippen molar-refractivity contribution in [3.8, 4) is 0 Å². The zero-order chi connectivity index (χ0) is 15.6. The summed E-state index contributed by atoms with van der Waals surface area (Å²) in [6, 6.07) is 10.8. The van der Waals surface area contributed by atoms with E-state index in [1.54, 1.807) is 31.2 Å². The van der Waals surface area contributed by atoms with Crippen LogP contribution in [0.2, 0.25) is 10.0 Å². The molecule has 21 heavy (non-hydrogen) atoms. The number of sulfonamides is 1. The second-order valence-electron chi connectivity index (χ2n) is 4.58. The molecule has 0 aliphatic carbocycles. The molecule has 0 amide bonds. The van der Waals surface area contributed by atoms with Crippen molar-refractivity contribution in [2.45, 2.75) is 17.9 Å². The standard InChI is InChI=1S/C14H14Cl2N2O2S/c1-9(10-3-2-4-11(15)7-10)18-21(19,20)12-5-6-13(16)14(17)8-12/h2-9,18H,17H2,1H3. The van der Waals surface area contributed by atoms with E-state index >= 15 is 0 Å². The van der Waals surface area contributed by atoms with Crippen molar-refractivity contribution in [3.05, 3.63) is 58.1 Å². The molecule has 2 aromatic carbocycles. The third-order valence-electron chi connectivity index (χ3n) is 2.96. The molecule has 0 radical (unpaired) electrons. The molecule has 3 N–H and O–H groups in total. The number of nitrogens with two attached hydrogens (primary N) is 1. The molecule has 0 aromatic heterocycles. The summed E-state index contributed by atoms with van der Waals surface area (Å²) in [5, 5.41) is 0.867. The number of rotatable bonds is 4. The van der Waals surface area contributed by atoms with Crippen LogP contribution in [0.4, 0.5) is 5.69 Å². The van der Waals surface area contributed by atoms with Gasteiger partial charge in [-0.1, -0.05) is 35.3 Å². The van der Waals surface area contributed by atoms with Gasteiger partial charge < -0.3 is 5.73 Å².